The van der Waals surface area contributed by atoms with E-state index in [9.17, 15) is 13.6 Å². The first-order valence-corrected chi connectivity index (χ1v) is 12.2. The molecule has 1 amide bonds. The van der Waals surface area contributed by atoms with Crippen LogP contribution in [0.1, 0.15) is 41.5 Å². The number of halogens is 3. The molecule has 0 atom stereocenters. The number of aromatic nitrogens is 7. The predicted octanol–water partition coefficient (Wildman–Crippen LogP) is 5.37. The maximum absolute atomic E-state index is 14.0. The maximum Gasteiger partial charge on any atom is 0.258 e. The van der Waals surface area contributed by atoms with Gasteiger partial charge < -0.3 is 16.0 Å². The number of benzene rings is 1. The van der Waals surface area contributed by atoms with Crippen molar-refractivity contribution in [3.8, 4) is 0 Å². The molecule has 0 aliphatic rings. The van der Waals surface area contributed by atoms with E-state index in [1.165, 1.54) is 12.3 Å². The molecule has 0 saturated heterocycles. The van der Waals surface area contributed by atoms with Crippen LogP contribution in [0.15, 0.2) is 42.7 Å². The zero-order valence-corrected chi connectivity index (χ0v) is 21.8. The summed E-state index contributed by atoms with van der Waals surface area (Å²) >= 11 is 6.13. The Bertz CT molecular complexity index is 1680. The Morgan fingerprint density at radius 3 is 2.72 bits per heavy atom. The molecule has 5 rings (SSSR count). The van der Waals surface area contributed by atoms with Gasteiger partial charge >= 0.3 is 0 Å². The Hall–Kier alpha value is -4.65. The molecule has 0 fully saturated rings. The number of hydrogen-bond donors (Lipinski definition) is 4. The number of carbonyl (C=O) groups excluding carboxylic acids is 1. The number of carbonyl (C=O) groups is 1. The topological polar surface area (TPSA) is 138 Å². The van der Waals surface area contributed by atoms with Crippen molar-refractivity contribution in [1.82, 2.24) is 34.9 Å². The van der Waals surface area contributed by atoms with E-state index in [1.807, 2.05) is 26.8 Å². The SMILES string of the molecule is Cc1cc(Nc2nc(NCc3cnc(Cl)c(C(=O)Nc4cc(F)ccc4F)c3)nc3c2cnn3C(C)C)n[nH]1. The second kappa shape index (κ2) is 10.6. The molecule has 200 valence electrons. The predicted molar refractivity (Wildman–Crippen MR) is 143 cm³/mol. The fourth-order valence-electron chi connectivity index (χ4n) is 3.79. The summed E-state index contributed by atoms with van der Waals surface area (Å²) in [7, 11) is 0. The van der Waals surface area contributed by atoms with Crippen LogP contribution in [-0.4, -0.2) is 40.8 Å². The van der Waals surface area contributed by atoms with E-state index >= 15 is 0 Å². The zero-order chi connectivity index (χ0) is 27.7. The molecule has 4 heterocycles. The van der Waals surface area contributed by atoms with E-state index in [1.54, 1.807) is 10.9 Å². The molecule has 1 aromatic carbocycles. The highest BCUT2D eigenvalue weighted by atomic mass is 35.5. The lowest BCUT2D eigenvalue weighted by molar-refractivity contribution is 0.102. The normalized spacial score (nSPS) is 11.3. The van der Waals surface area contributed by atoms with Gasteiger partial charge in [0.15, 0.2) is 11.5 Å². The van der Waals surface area contributed by atoms with E-state index in [0.29, 0.717) is 34.2 Å². The van der Waals surface area contributed by atoms with Crippen LogP contribution in [0.4, 0.5) is 32.1 Å². The number of H-pyrrole nitrogens is 1. The number of amides is 1. The zero-order valence-electron chi connectivity index (χ0n) is 21.1. The first-order chi connectivity index (χ1) is 18.7. The number of nitrogens with one attached hydrogen (secondary N) is 4. The summed E-state index contributed by atoms with van der Waals surface area (Å²) < 4.78 is 29.3. The third-order valence-electron chi connectivity index (χ3n) is 5.66. The Morgan fingerprint density at radius 1 is 1.15 bits per heavy atom. The van der Waals surface area contributed by atoms with E-state index in [2.05, 4.69) is 46.2 Å². The summed E-state index contributed by atoms with van der Waals surface area (Å²) in [5.74, 6) is -0.828. The van der Waals surface area contributed by atoms with E-state index < -0.39 is 17.5 Å². The number of hydrogen-bond acceptors (Lipinski definition) is 8. The summed E-state index contributed by atoms with van der Waals surface area (Å²) in [6, 6.07) is 6.15. The molecular weight excluding hydrogens is 530 g/mol. The number of pyridine rings is 1. The Kier molecular flexibility index (Phi) is 7.07. The molecule has 0 unspecified atom stereocenters. The molecule has 0 aliphatic carbocycles. The first-order valence-electron chi connectivity index (χ1n) is 11.9. The van der Waals surface area contributed by atoms with Crippen molar-refractivity contribution in [2.75, 3.05) is 16.0 Å². The summed E-state index contributed by atoms with van der Waals surface area (Å²) in [6.45, 7) is 6.06. The molecule has 0 saturated carbocycles. The van der Waals surface area contributed by atoms with Crippen molar-refractivity contribution in [3.05, 3.63) is 76.3 Å². The van der Waals surface area contributed by atoms with Crippen LogP contribution in [0.25, 0.3) is 11.0 Å². The minimum absolute atomic E-state index is 0.00913. The number of anilines is 4. The van der Waals surface area contributed by atoms with Gasteiger partial charge in [-0.05, 0) is 44.5 Å². The monoisotopic (exact) mass is 552 g/mol. The Morgan fingerprint density at radius 2 is 1.97 bits per heavy atom. The van der Waals surface area contributed by atoms with Gasteiger partial charge in [0.2, 0.25) is 5.95 Å². The maximum atomic E-state index is 14.0. The lowest BCUT2D eigenvalue weighted by Gasteiger charge is -2.12. The van der Waals surface area contributed by atoms with Crippen LogP contribution >= 0.6 is 11.6 Å². The van der Waals surface area contributed by atoms with Crippen molar-refractivity contribution in [1.29, 1.82) is 0 Å². The van der Waals surface area contributed by atoms with E-state index in [0.717, 1.165) is 23.9 Å². The smallest absolute Gasteiger partial charge is 0.258 e. The summed E-state index contributed by atoms with van der Waals surface area (Å²) in [6.07, 6.45) is 3.17. The quantitative estimate of drug-likeness (QED) is 0.188. The van der Waals surface area contributed by atoms with E-state index in [4.69, 9.17) is 11.6 Å². The van der Waals surface area contributed by atoms with Gasteiger partial charge in [0.05, 0.1) is 22.8 Å². The minimum Gasteiger partial charge on any atom is -0.350 e. The summed E-state index contributed by atoms with van der Waals surface area (Å²) in [5, 5.41) is 20.8. The average molecular weight is 553 g/mol. The third kappa shape index (κ3) is 5.62. The fourth-order valence-corrected chi connectivity index (χ4v) is 3.98. The van der Waals surface area contributed by atoms with Crippen molar-refractivity contribution in [3.63, 3.8) is 0 Å². The summed E-state index contributed by atoms with van der Waals surface area (Å²) in [4.78, 5) is 26.1. The molecule has 11 nitrogen and oxygen atoms in total. The Balaban J connectivity index is 1.40. The number of fused-ring (bicyclic) bond motifs is 1. The van der Waals surface area contributed by atoms with Crippen LogP contribution in [0, 0.1) is 18.6 Å². The standard InChI is InChI=1S/C25H23ClF2N10O/c1-12(2)38-23-17(11-31-38)22(33-20-6-13(3)36-37-20)34-25(35-23)30-10-14-7-16(21(26)29-9-14)24(39)32-19-8-15(27)4-5-18(19)28/h4-9,11-12H,10H2,1-3H3,(H,32,39)(H3,30,33,34,35,36,37). The molecule has 0 radical (unpaired) electrons. The van der Waals surface area contributed by atoms with Gasteiger partial charge in [0, 0.05) is 36.6 Å². The lowest BCUT2D eigenvalue weighted by Crippen LogP contribution is -2.15. The van der Waals surface area contributed by atoms with Crippen LogP contribution in [0.2, 0.25) is 5.15 Å². The molecule has 0 aliphatic heterocycles. The van der Waals surface area contributed by atoms with Crippen molar-refractivity contribution < 1.29 is 13.6 Å². The van der Waals surface area contributed by atoms with E-state index in [-0.39, 0.29) is 29.0 Å². The van der Waals surface area contributed by atoms with Gasteiger partial charge in [-0.1, -0.05) is 11.6 Å². The number of aromatic amines is 1. The second-order valence-corrected chi connectivity index (χ2v) is 9.35. The highest BCUT2D eigenvalue weighted by Gasteiger charge is 2.18. The minimum atomic E-state index is -0.783. The van der Waals surface area contributed by atoms with Crippen LogP contribution in [-0.2, 0) is 6.54 Å². The number of rotatable bonds is 8. The fraction of sp³-hybridized carbons (Fsp3) is 0.200. The summed E-state index contributed by atoms with van der Waals surface area (Å²) in [5.41, 5.74) is 1.75. The highest BCUT2D eigenvalue weighted by molar-refractivity contribution is 6.33. The van der Waals surface area contributed by atoms with Crippen LogP contribution in [0.3, 0.4) is 0 Å². The van der Waals surface area contributed by atoms with Crippen LogP contribution < -0.4 is 16.0 Å². The van der Waals surface area contributed by atoms with Crippen molar-refractivity contribution >= 4 is 51.8 Å². The first kappa shape index (κ1) is 26.0. The molecule has 14 heteroatoms. The largest absolute Gasteiger partial charge is 0.350 e. The average Bonchev–Trinajstić information content (AvgIpc) is 3.51. The molecule has 4 aromatic heterocycles. The number of nitrogens with zero attached hydrogens (tertiary/aromatic N) is 6. The Labute approximate surface area is 226 Å². The van der Waals surface area contributed by atoms with Gasteiger partial charge in [-0.25, -0.2) is 18.4 Å². The van der Waals surface area contributed by atoms with Crippen molar-refractivity contribution in [2.45, 2.75) is 33.4 Å². The van der Waals surface area contributed by atoms with Gasteiger partial charge in [-0.15, -0.1) is 0 Å². The van der Waals surface area contributed by atoms with Gasteiger partial charge in [0.1, 0.15) is 22.6 Å². The second-order valence-electron chi connectivity index (χ2n) is 8.99. The van der Waals surface area contributed by atoms with Crippen LogP contribution in [0.5, 0.6) is 0 Å². The molecule has 0 bridgehead atoms. The number of aryl methyl sites for hydroxylation is 1. The van der Waals surface area contributed by atoms with Crippen molar-refractivity contribution in [2.24, 2.45) is 0 Å². The lowest BCUT2D eigenvalue weighted by atomic mass is 10.2. The van der Waals surface area contributed by atoms with Gasteiger partial charge in [-0.2, -0.15) is 20.2 Å². The van der Waals surface area contributed by atoms with Gasteiger partial charge in [0.25, 0.3) is 5.91 Å². The third-order valence-corrected chi connectivity index (χ3v) is 5.96. The highest BCUT2D eigenvalue weighted by Crippen LogP contribution is 2.27. The molecular formula is C25H23ClF2N10O. The molecule has 0 spiro atoms. The van der Waals surface area contributed by atoms with Gasteiger partial charge in [-0.3, -0.25) is 9.89 Å². The molecule has 4 N–H and O–H groups in total. The molecule has 5 aromatic rings. The molecule has 39 heavy (non-hydrogen) atoms.